The number of ether oxygens (including phenoxy) is 1. The summed E-state index contributed by atoms with van der Waals surface area (Å²) in [4.78, 5) is 5.22. The van der Waals surface area contributed by atoms with Crippen molar-refractivity contribution >= 4 is 0 Å². The molecule has 0 unspecified atom stereocenters. The average molecular weight is 354 g/mol. The predicted molar refractivity (Wildman–Crippen MR) is 103 cm³/mol. The minimum Gasteiger partial charge on any atom is -0.497 e. The van der Waals surface area contributed by atoms with Gasteiger partial charge in [0.05, 0.1) is 13.3 Å². The smallest absolute Gasteiger partial charge is 0.119 e. The zero-order valence-electron chi connectivity index (χ0n) is 16.0. The zero-order chi connectivity index (χ0) is 18.0. The van der Waals surface area contributed by atoms with Gasteiger partial charge in [0.15, 0.2) is 0 Å². The van der Waals surface area contributed by atoms with E-state index in [2.05, 4.69) is 39.3 Å². The van der Waals surface area contributed by atoms with Gasteiger partial charge in [-0.2, -0.15) is 5.10 Å². The maximum atomic E-state index is 5.35. The third-order valence-electron chi connectivity index (χ3n) is 6.14. The van der Waals surface area contributed by atoms with Crippen molar-refractivity contribution in [1.82, 2.24) is 19.6 Å². The van der Waals surface area contributed by atoms with Crippen LogP contribution in [0, 0.1) is 5.41 Å². The van der Waals surface area contributed by atoms with E-state index >= 15 is 0 Å². The molecule has 1 aromatic heterocycles. The first kappa shape index (κ1) is 17.6. The first-order valence-corrected chi connectivity index (χ1v) is 9.69. The summed E-state index contributed by atoms with van der Waals surface area (Å²) in [5.41, 5.74) is 3.22. The van der Waals surface area contributed by atoms with E-state index in [0.717, 1.165) is 18.8 Å². The summed E-state index contributed by atoms with van der Waals surface area (Å²) in [5.74, 6) is 0.956. The third-order valence-corrected chi connectivity index (χ3v) is 6.14. The minimum absolute atomic E-state index is 0.535. The molecule has 2 fully saturated rings. The van der Waals surface area contributed by atoms with E-state index in [-0.39, 0.29) is 0 Å². The fourth-order valence-electron chi connectivity index (χ4n) is 4.60. The van der Waals surface area contributed by atoms with Gasteiger partial charge < -0.3 is 4.74 Å². The second-order valence-electron chi connectivity index (χ2n) is 8.11. The molecule has 0 bridgehead atoms. The van der Waals surface area contributed by atoms with Crippen molar-refractivity contribution in [2.24, 2.45) is 12.5 Å². The van der Waals surface area contributed by atoms with Crippen LogP contribution in [-0.2, 0) is 20.1 Å². The molecule has 26 heavy (non-hydrogen) atoms. The van der Waals surface area contributed by atoms with Gasteiger partial charge in [0, 0.05) is 38.4 Å². The van der Waals surface area contributed by atoms with Crippen LogP contribution in [0.15, 0.2) is 36.7 Å². The largest absolute Gasteiger partial charge is 0.497 e. The first-order chi connectivity index (χ1) is 12.6. The molecule has 0 radical (unpaired) electrons. The Kier molecular flexibility index (Phi) is 5.00. The highest BCUT2D eigenvalue weighted by Gasteiger charge is 2.40. The van der Waals surface area contributed by atoms with Crippen molar-refractivity contribution < 1.29 is 4.74 Å². The topological polar surface area (TPSA) is 33.5 Å². The van der Waals surface area contributed by atoms with Crippen LogP contribution in [0.2, 0.25) is 0 Å². The number of nitrogens with zero attached hydrogens (tertiary/aromatic N) is 4. The van der Waals surface area contributed by atoms with E-state index in [0.29, 0.717) is 5.41 Å². The van der Waals surface area contributed by atoms with E-state index in [1.807, 2.05) is 24.0 Å². The van der Waals surface area contributed by atoms with Crippen molar-refractivity contribution in [3.63, 3.8) is 0 Å². The Morgan fingerprint density at radius 1 is 1.04 bits per heavy atom. The molecule has 1 spiro atoms. The lowest BCUT2D eigenvalue weighted by molar-refractivity contribution is 0.102. The fourth-order valence-corrected chi connectivity index (χ4v) is 4.60. The van der Waals surface area contributed by atoms with Gasteiger partial charge in [-0.05, 0) is 62.0 Å². The third kappa shape index (κ3) is 3.94. The van der Waals surface area contributed by atoms with Gasteiger partial charge in [0.2, 0.25) is 0 Å². The summed E-state index contributed by atoms with van der Waals surface area (Å²) in [6.45, 7) is 6.96. The van der Waals surface area contributed by atoms with Gasteiger partial charge in [0.25, 0.3) is 0 Å². The number of aryl methyl sites for hydroxylation is 1. The Bertz CT molecular complexity index is 733. The van der Waals surface area contributed by atoms with Gasteiger partial charge in [-0.1, -0.05) is 12.1 Å². The number of hydrogen-bond donors (Lipinski definition) is 0. The summed E-state index contributed by atoms with van der Waals surface area (Å²) in [7, 11) is 3.73. The van der Waals surface area contributed by atoms with Crippen LogP contribution in [-0.4, -0.2) is 52.9 Å². The Hall–Kier alpha value is -1.85. The lowest BCUT2D eigenvalue weighted by Gasteiger charge is -2.39. The molecule has 4 rings (SSSR count). The summed E-state index contributed by atoms with van der Waals surface area (Å²) in [6.07, 6.45) is 8.13. The molecule has 140 valence electrons. The average Bonchev–Trinajstić information content (AvgIpc) is 3.24. The van der Waals surface area contributed by atoms with Crippen molar-refractivity contribution in [2.75, 3.05) is 33.3 Å². The van der Waals surface area contributed by atoms with E-state index in [9.17, 15) is 0 Å². The molecule has 2 aliphatic rings. The molecule has 5 nitrogen and oxygen atoms in total. The normalized spacial score (nSPS) is 20.7. The maximum Gasteiger partial charge on any atom is 0.119 e. The highest BCUT2D eigenvalue weighted by Crippen LogP contribution is 2.41. The molecule has 0 amide bonds. The number of rotatable bonds is 5. The molecule has 0 aliphatic carbocycles. The molecule has 2 aliphatic heterocycles. The van der Waals surface area contributed by atoms with E-state index in [1.54, 1.807) is 7.11 Å². The molecule has 3 heterocycles. The Morgan fingerprint density at radius 2 is 1.77 bits per heavy atom. The van der Waals surface area contributed by atoms with E-state index in [4.69, 9.17) is 4.74 Å². The fraction of sp³-hybridized carbons (Fsp3) is 0.571. The molecule has 0 N–H and O–H groups in total. The molecule has 0 saturated carbocycles. The summed E-state index contributed by atoms with van der Waals surface area (Å²) in [6, 6.07) is 8.48. The number of likely N-dealkylation sites (tertiary alicyclic amines) is 2. The first-order valence-electron chi connectivity index (χ1n) is 9.69. The molecule has 2 aromatic rings. The monoisotopic (exact) mass is 354 g/mol. The van der Waals surface area contributed by atoms with Gasteiger partial charge in [-0.3, -0.25) is 14.5 Å². The van der Waals surface area contributed by atoms with Gasteiger partial charge >= 0.3 is 0 Å². The molecule has 2 saturated heterocycles. The van der Waals surface area contributed by atoms with Gasteiger partial charge in [-0.25, -0.2) is 0 Å². The lowest BCUT2D eigenvalue weighted by atomic mass is 9.77. The molecular formula is C21H30N4O. The number of methoxy groups -OCH3 is 1. The number of aromatic nitrogens is 2. The van der Waals surface area contributed by atoms with Gasteiger partial charge in [-0.15, -0.1) is 0 Å². The van der Waals surface area contributed by atoms with E-state index < -0.39 is 0 Å². The quantitative estimate of drug-likeness (QED) is 0.827. The van der Waals surface area contributed by atoms with Gasteiger partial charge in [0.1, 0.15) is 5.75 Å². The highest BCUT2D eigenvalue weighted by molar-refractivity contribution is 5.28. The summed E-state index contributed by atoms with van der Waals surface area (Å²) < 4.78 is 7.25. The number of piperidine rings is 1. The predicted octanol–water partition coefficient (Wildman–Crippen LogP) is 2.92. The lowest BCUT2D eigenvalue weighted by Crippen LogP contribution is -2.41. The van der Waals surface area contributed by atoms with Crippen LogP contribution in [0.3, 0.4) is 0 Å². The number of hydrogen-bond acceptors (Lipinski definition) is 4. The second kappa shape index (κ2) is 7.41. The zero-order valence-corrected chi connectivity index (χ0v) is 16.0. The van der Waals surface area contributed by atoms with Crippen molar-refractivity contribution in [1.29, 1.82) is 0 Å². The van der Waals surface area contributed by atoms with Crippen LogP contribution >= 0.6 is 0 Å². The van der Waals surface area contributed by atoms with Crippen LogP contribution in [0.4, 0.5) is 0 Å². The van der Waals surface area contributed by atoms with Crippen LogP contribution in [0.5, 0.6) is 5.75 Å². The SMILES string of the molecule is COc1cccc(CN2CCC3(CC2)CCN(Cc2cnn(C)c2)C3)c1. The molecule has 5 heteroatoms. The highest BCUT2D eigenvalue weighted by atomic mass is 16.5. The van der Waals surface area contributed by atoms with Crippen LogP contribution < -0.4 is 4.74 Å². The van der Waals surface area contributed by atoms with Crippen molar-refractivity contribution in [3.05, 3.63) is 47.8 Å². The maximum absolute atomic E-state index is 5.35. The standard InChI is InChI=1S/C21H30N4O/c1-23-14-19(13-22-23)16-25-11-8-21(17-25)6-9-24(10-7-21)15-18-4-3-5-20(12-18)26-2/h3-5,12-14H,6-11,15-17H2,1-2H3. The number of benzene rings is 1. The Labute approximate surface area is 156 Å². The molecular weight excluding hydrogens is 324 g/mol. The van der Waals surface area contributed by atoms with Crippen molar-refractivity contribution in [3.8, 4) is 5.75 Å². The van der Waals surface area contributed by atoms with Crippen molar-refractivity contribution in [2.45, 2.75) is 32.4 Å². The van der Waals surface area contributed by atoms with Crippen LogP contribution in [0.1, 0.15) is 30.4 Å². The molecule has 0 atom stereocenters. The summed E-state index contributed by atoms with van der Waals surface area (Å²) >= 11 is 0. The minimum atomic E-state index is 0.535. The van der Waals surface area contributed by atoms with E-state index in [1.165, 1.54) is 56.6 Å². The van der Waals surface area contributed by atoms with Crippen LogP contribution in [0.25, 0.3) is 0 Å². The second-order valence-corrected chi connectivity index (χ2v) is 8.11. The molecule has 1 aromatic carbocycles. The Morgan fingerprint density at radius 3 is 2.46 bits per heavy atom. The summed E-state index contributed by atoms with van der Waals surface area (Å²) in [5, 5.41) is 4.30. The Balaban J connectivity index is 1.29.